The Bertz CT molecular complexity index is 1670. The normalized spacial score (nSPS) is 19.8. The van der Waals surface area contributed by atoms with Crippen molar-refractivity contribution < 1.29 is 19.1 Å². The summed E-state index contributed by atoms with van der Waals surface area (Å²) in [5.41, 5.74) is 1.88. The molecule has 2 aliphatic heterocycles. The quantitative estimate of drug-likeness (QED) is 0.259. The molecule has 0 saturated carbocycles. The number of hydrogen-bond acceptors (Lipinski definition) is 7. The summed E-state index contributed by atoms with van der Waals surface area (Å²) in [5, 5.41) is 3.24. The van der Waals surface area contributed by atoms with Gasteiger partial charge in [-0.25, -0.2) is 4.90 Å². The van der Waals surface area contributed by atoms with Crippen LogP contribution < -0.4 is 19.8 Å². The summed E-state index contributed by atoms with van der Waals surface area (Å²) < 4.78 is 6.50. The highest BCUT2D eigenvalue weighted by Crippen LogP contribution is 2.53. The number of aromatic nitrogens is 1. The van der Waals surface area contributed by atoms with Crippen molar-refractivity contribution in [2.45, 2.75) is 16.2 Å². The number of H-pyrrole nitrogens is 1. The van der Waals surface area contributed by atoms with Crippen molar-refractivity contribution in [3.8, 4) is 5.75 Å². The van der Waals surface area contributed by atoms with E-state index in [0.717, 1.165) is 26.3 Å². The van der Waals surface area contributed by atoms with Crippen LogP contribution in [-0.4, -0.2) is 34.6 Å². The van der Waals surface area contributed by atoms with Gasteiger partial charge in [0.05, 0.1) is 16.6 Å². The molecule has 2 N–H and O–H groups in total. The number of thioether (sulfide) groups is 1. The van der Waals surface area contributed by atoms with E-state index in [2.05, 4.69) is 26.2 Å². The zero-order valence-corrected chi connectivity index (χ0v) is 24.4. The number of thiazole rings is 1. The summed E-state index contributed by atoms with van der Waals surface area (Å²) in [6, 6.07) is 20.8. The molecule has 1 fully saturated rings. The lowest BCUT2D eigenvalue weighted by Crippen LogP contribution is -2.32. The van der Waals surface area contributed by atoms with Crippen molar-refractivity contribution in [2.75, 3.05) is 16.8 Å². The number of nitrogens with one attached hydrogen (secondary N) is 2. The van der Waals surface area contributed by atoms with Crippen molar-refractivity contribution in [1.29, 1.82) is 0 Å². The third kappa shape index (κ3) is 5.10. The predicted molar refractivity (Wildman–Crippen MR) is 159 cm³/mol. The second kappa shape index (κ2) is 10.9. The zero-order valence-electron chi connectivity index (χ0n) is 20.4. The zero-order chi connectivity index (χ0) is 28.0. The summed E-state index contributed by atoms with van der Waals surface area (Å²) in [7, 11) is 0. The third-order valence-corrected chi connectivity index (χ3v) is 9.83. The Morgan fingerprint density at radius 1 is 0.975 bits per heavy atom. The molecule has 12 heteroatoms. The van der Waals surface area contributed by atoms with E-state index in [-0.39, 0.29) is 29.2 Å². The molecule has 202 valence electrons. The number of halogens is 2. The van der Waals surface area contributed by atoms with Gasteiger partial charge in [-0.1, -0.05) is 62.8 Å². The Kier molecular flexibility index (Phi) is 7.30. The number of carbonyl (C=O) groups excluding carboxylic acids is 3. The fraction of sp³-hybridized carbons (Fsp3) is 0.143. The van der Waals surface area contributed by atoms with Gasteiger partial charge in [-0.05, 0) is 66.2 Å². The minimum atomic E-state index is -0.683. The van der Waals surface area contributed by atoms with E-state index < -0.39 is 17.1 Å². The number of amides is 3. The molecule has 3 amide bonds. The Hall–Kier alpha value is -3.38. The van der Waals surface area contributed by atoms with Crippen molar-refractivity contribution in [1.82, 2.24) is 4.98 Å². The van der Waals surface area contributed by atoms with E-state index in [1.165, 1.54) is 16.7 Å². The Labute approximate surface area is 249 Å². The van der Waals surface area contributed by atoms with Gasteiger partial charge in [0.25, 0.3) is 5.91 Å². The lowest BCUT2D eigenvalue weighted by Gasteiger charge is -2.29. The Morgan fingerprint density at radius 3 is 2.38 bits per heavy atom. The molecular formula is C28H19BrClN3O5S2. The molecule has 6 rings (SSSR count). The number of ether oxygens (including phenoxy) is 1. The van der Waals surface area contributed by atoms with Gasteiger partial charge in [0.15, 0.2) is 6.61 Å². The minimum Gasteiger partial charge on any atom is -0.484 e. The first-order valence-corrected chi connectivity index (χ1v) is 15.0. The average Bonchev–Trinajstić information content (AvgIpc) is 3.44. The fourth-order valence-electron chi connectivity index (χ4n) is 4.87. The van der Waals surface area contributed by atoms with Gasteiger partial charge >= 0.3 is 4.87 Å². The van der Waals surface area contributed by atoms with Gasteiger partial charge in [0.1, 0.15) is 11.0 Å². The highest BCUT2D eigenvalue weighted by Gasteiger charge is 2.56. The van der Waals surface area contributed by atoms with E-state index in [1.807, 2.05) is 0 Å². The molecule has 3 heterocycles. The summed E-state index contributed by atoms with van der Waals surface area (Å²) in [6.45, 7) is -0.203. The fourth-order valence-corrected chi connectivity index (χ4v) is 7.78. The molecule has 8 nitrogen and oxygen atoms in total. The SMILES string of the molecule is O=C(COc1ccc([C@@H]2c3sc(=O)[nH]c3S[C@H]3C(=O)N(c4ccc(Br)cc4)C(=O)[C@@H]23)cc1)Nc1ccc(Cl)cc1. The van der Waals surface area contributed by atoms with Crippen LogP contribution in [0.5, 0.6) is 5.75 Å². The van der Waals surface area contributed by atoms with E-state index in [0.29, 0.717) is 27.2 Å². The largest absolute Gasteiger partial charge is 0.484 e. The standard InChI is InChI=1S/C28H19BrClN3O5S2/c29-15-3-9-18(10-4-15)33-26(35)22-21(23-25(32-28(37)40-23)39-24(22)27(33)36)14-1-11-19(12-2-14)38-13-20(34)31-17-7-5-16(30)6-8-17/h1-12,21-22,24H,13H2,(H,31,34)(H,32,37)/t21-,22-,24+/m0/s1. The van der Waals surface area contributed by atoms with Gasteiger partial charge in [0, 0.05) is 26.0 Å². The van der Waals surface area contributed by atoms with Gasteiger partial charge in [-0.2, -0.15) is 0 Å². The molecule has 3 aromatic carbocycles. The molecule has 0 radical (unpaired) electrons. The summed E-state index contributed by atoms with van der Waals surface area (Å²) in [5.74, 6) is -1.66. The third-order valence-electron chi connectivity index (χ3n) is 6.65. The smallest absolute Gasteiger partial charge is 0.305 e. The first kappa shape index (κ1) is 26.8. The number of carbonyl (C=O) groups is 3. The molecule has 1 aromatic heterocycles. The highest BCUT2D eigenvalue weighted by molar-refractivity contribution is 9.10. The number of fused-ring (bicyclic) bond motifs is 2. The summed E-state index contributed by atoms with van der Waals surface area (Å²) in [4.78, 5) is 56.4. The van der Waals surface area contributed by atoms with Crippen LogP contribution in [0.25, 0.3) is 0 Å². The van der Waals surface area contributed by atoms with E-state index in [4.69, 9.17) is 16.3 Å². The molecule has 4 aromatic rings. The monoisotopic (exact) mass is 655 g/mol. The van der Waals surface area contributed by atoms with Crippen LogP contribution in [0.3, 0.4) is 0 Å². The first-order valence-electron chi connectivity index (χ1n) is 12.1. The van der Waals surface area contributed by atoms with Gasteiger partial charge < -0.3 is 15.0 Å². The lowest BCUT2D eigenvalue weighted by molar-refractivity contribution is -0.122. The van der Waals surface area contributed by atoms with Crippen LogP contribution in [0.15, 0.2) is 87.1 Å². The number of imide groups is 1. The predicted octanol–water partition coefficient (Wildman–Crippen LogP) is 5.67. The number of hydrogen-bond donors (Lipinski definition) is 2. The lowest BCUT2D eigenvalue weighted by atomic mass is 9.83. The maximum Gasteiger partial charge on any atom is 0.305 e. The van der Waals surface area contributed by atoms with Gasteiger partial charge in [-0.3, -0.25) is 19.2 Å². The van der Waals surface area contributed by atoms with Crippen LogP contribution in [0, 0.1) is 5.92 Å². The molecule has 0 bridgehead atoms. The van der Waals surface area contributed by atoms with Gasteiger partial charge in [0.2, 0.25) is 11.8 Å². The van der Waals surface area contributed by atoms with Crippen LogP contribution in [0.2, 0.25) is 5.02 Å². The van der Waals surface area contributed by atoms with Crippen LogP contribution >= 0.6 is 50.6 Å². The molecule has 0 spiro atoms. The number of nitrogens with zero attached hydrogens (tertiary/aromatic N) is 1. The molecule has 40 heavy (non-hydrogen) atoms. The van der Waals surface area contributed by atoms with Gasteiger partial charge in [-0.15, -0.1) is 0 Å². The first-order chi connectivity index (χ1) is 19.3. The molecule has 0 aliphatic carbocycles. The van der Waals surface area contributed by atoms with E-state index in [1.54, 1.807) is 72.8 Å². The highest BCUT2D eigenvalue weighted by atomic mass is 79.9. The molecule has 3 atom stereocenters. The molecule has 0 unspecified atom stereocenters. The van der Waals surface area contributed by atoms with Crippen molar-refractivity contribution >= 4 is 79.7 Å². The van der Waals surface area contributed by atoms with E-state index >= 15 is 0 Å². The second-order valence-electron chi connectivity index (χ2n) is 9.15. The number of rotatable bonds is 6. The Balaban J connectivity index is 1.24. The van der Waals surface area contributed by atoms with Crippen LogP contribution in [-0.2, 0) is 14.4 Å². The number of benzene rings is 3. The van der Waals surface area contributed by atoms with Crippen molar-refractivity contribution in [2.24, 2.45) is 5.92 Å². The maximum absolute atomic E-state index is 13.8. The van der Waals surface area contributed by atoms with Crippen molar-refractivity contribution in [3.05, 3.63) is 102 Å². The summed E-state index contributed by atoms with van der Waals surface area (Å²) in [6.07, 6.45) is 0. The molecule has 2 aliphatic rings. The number of anilines is 2. The summed E-state index contributed by atoms with van der Waals surface area (Å²) >= 11 is 11.5. The number of aromatic amines is 1. The average molecular weight is 657 g/mol. The van der Waals surface area contributed by atoms with Crippen LogP contribution in [0.4, 0.5) is 11.4 Å². The topological polar surface area (TPSA) is 109 Å². The van der Waals surface area contributed by atoms with Crippen LogP contribution in [0.1, 0.15) is 16.4 Å². The molecule has 1 saturated heterocycles. The second-order valence-corrected chi connectivity index (χ2v) is 12.7. The van der Waals surface area contributed by atoms with Crippen molar-refractivity contribution in [3.63, 3.8) is 0 Å². The molecular weight excluding hydrogens is 638 g/mol. The minimum absolute atomic E-state index is 0.203. The Morgan fingerprint density at radius 2 is 1.68 bits per heavy atom. The van der Waals surface area contributed by atoms with E-state index in [9.17, 15) is 19.2 Å². The maximum atomic E-state index is 13.8.